The van der Waals surface area contributed by atoms with Gasteiger partial charge < -0.3 is 0 Å². The Hall–Kier alpha value is -3.02. The molecule has 1 atom stereocenters. The third-order valence-electron chi connectivity index (χ3n) is 4.50. The molecule has 0 aliphatic rings. The first kappa shape index (κ1) is 18.3. The number of allylic oxidation sites excluding steroid dienone is 1. The van der Waals surface area contributed by atoms with E-state index < -0.39 is 15.3 Å². The molecular weight excluding hydrogens is 320 g/mol. The molecule has 0 bridgehead atoms. The molecule has 0 aromatic heterocycles. The summed E-state index contributed by atoms with van der Waals surface area (Å²) in [6, 6.07) is 13.5. The Kier molecular flexibility index (Phi) is 5.32. The summed E-state index contributed by atoms with van der Waals surface area (Å²) in [7, 11) is 0. The van der Waals surface area contributed by atoms with Crippen LogP contribution in [0.4, 0.5) is 11.4 Å². The van der Waals surface area contributed by atoms with E-state index in [4.69, 9.17) is 0 Å². The molecular formula is C19H20N2O4. The van der Waals surface area contributed by atoms with Crippen molar-refractivity contribution in [2.75, 3.05) is 0 Å². The van der Waals surface area contributed by atoms with Crippen LogP contribution in [-0.4, -0.2) is 9.85 Å². The van der Waals surface area contributed by atoms with Crippen molar-refractivity contribution in [1.82, 2.24) is 0 Å². The highest BCUT2D eigenvalue weighted by Gasteiger charge is 2.34. The fourth-order valence-corrected chi connectivity index (χ4v) is 2.86. The Morgan fingerprint density at radius 3 is 2.24 bits per heavy atom. The molecule has 0 N–H and O–H groups in total. The van der Waals surface area contributed by atoms with Gasteiger partial charge in [0.1, 0.15) is 0 Å². The van der Waals surface area contributed by atoms with Crippen LogP contribution < -0.4 is 0 Å². The second kappa shape index (κ2) is 7.25. The molecule has 6 heteroatoms. The van der Waals surface area contributed by atoms with E-state index in [1.54, 1.807) is 6.08 Å². The maximum Gasteiger partial charge on any atom is 0.279 e. The Bertz CT molecular complexity index is 800. The summed E-state index contributed by atoms with van der Waals surface area (Å²) < 4.78 is 0. The van der Waals surface area contributed by atoms with Gasteiger partial charge in [-0.2, -0.15) is 0 Å². The number of non-ortho nitro benzene ring substituents is 1. The van der Waals surface area contributed by atoms with E-state index >= 15 is 0 Å². The van der Waals surface area contributed by atoms with Crippen LogP contribution in [0.5, 0.6) is 0 Å². The van der Waals surface area contributed by atoms with Crippen molar-refractivity contribution < 1.29 is 9.85 Å². The van der Waals surface area contributed by atoms with E-state index in [0.29, 0.717) is 12.0 Å². The number of nitro groups is 2. The Labute approximate surface area is 146 Å². The topological polar surface area (TPSA) is 86.3 Å². The van der Waals surface area contributed by atoms with Crippen LogP contribution in [0.3, 0.4) is 0 Å². The third-order valence-corrected chi connectivity index (χ3v) is 4.50. The second-order valence-corrected chi connectivity index (χ2v) is 6.53. The Morgan fingerprint density at radius 1 is 1.08 bits per heavy atom. The third kappa shape index (κ3) is 4.09. The van der Waals surface area contributed by atoms with E-state index in [1.807, 2.05) is 44.2 Å². The molecule has 2 rings (SSSR count). The lowest BCUT2D eigenvalue weighted by atomic mass is 9.71. The van der Waals surface area contributed by atoms with Gasteiger partial charge in [-0.1, -0.05) is 50.3 Å². The summed E-state index contributed by atoms with van der Waals surface area (Å²) in [5.74, 6) is -0.242. The van der Waals surface area contributed by atoms with Gasteiger partial charge in [0.25, 0.3) is 11.4 Å². The van der Waals surface area contributed by atoms with Crippen LogP contribution in [0.25, 0.3) is 0 Å². The van der Waals surface area contributed by atoms with Crippen LogP contribution in [0.15, 0.2) is 61.2 Å². The monoisotopic (exact) mass is 340 g/mol. The maximum absolute atomic E-state index is 11.5. The molecule has 25 heavy (non-hydrogen) atoms. The van der Waals surface area contributed by atoms with Crippen molar-refractivity contribution in [2.45, 2.75) is 26.2 Å². The van der Waals surface area contributed by atoms with Gasteiger partial charge in [-0.3, -0.25) is 20.2 Å². The molecule has 0 radical (unpaired) electrons. The lowest BCUT2D eigenvalue weighted by Crippen LogP contribution is -2.23. The summed E-state index contributed by atoms with van der Waals surface area (Å²) in [6.07, 6.45) is 2.34. The summed E-state index contributed by atoms with van der Waals surface area (Å²) in [6.45, 7) is 7.78. The van der Waals surface area contributed by atoms with Gasteiger partial charge in [0.2, 0.25) is 0 Å². The number of nitrogens with zero attached hydrogens (tertiary/aromatic N) is 2. The van der Waals surface area contributed by atoms with Gasteiger partial charge >= 0.3 is 0 Å². The molecule has 0 amide bonds. The molecule has 6 nitrogen and oxygen atoms in total. The highest BCUT2D eigenvalue weighted by Crippen LogP contribution is 2.43. The zero-order valence-corrected chi connectivity index (χ0v) is 14.2. The van der Waals surface area contributed by atoms with E-state index in [0.717, 1.165) is 11.6 Å². The predicted molar refractivity (Wildman–Crippen MR) is 96.6 cm³/mol. The minimum absolute atomic E-state index is 0.231. The van der Waals surface area contributed by atoms with Gasteiger partial charge in [-0.15, -0.1) is 6.58 Å². The minimum Gasteiger partial charge on any atom is -0.258 e. The first-order valence-electron chi connectivity index (χ1n) is 7.86. The van der Waals surface area contributed by atoms with E-state index in [1.165, 1.54) is 12.1 Å². The normalized spacial score (nSPS) is 12.4. The van der Waals surface area contributed by atoms with Crippen molar-refractivity contribution >= 4 is 11.4 Å². The average molecular weight is 340 g/mol. The molecule has 0 heterocycles. The van der Waals surface area contributed by atoms with Gasteiger partial charge in [0.05, 0.1) is 15.9 Å². The van der Waals surface area contributed by atoms with E-state index in [-0.39, 0.29) is 17.3 Å². The SMILES string of the molecule is C=CC(C)(C)C(Cc1ccccc1)c1ccc([N+](=O)[O-])cc1[N+](=O)[O-]. The lowest BCUT2D eigenvalue weighted by molar-refractivity contribution is -0.394. The fraction of sp³-hybridized carbons (Fsp3) is 0.263. The van der Waals surface area contributed by atoms with Crippen LogP contribution >= 0.6 is 0 Å². The predicted octanol–water partition coefficient (Wildman–Crippen LogP) is 5.04. The molecule has 0 saturated carbocycles. The van der Waals surface area contributed by atoms with Crippen molar-refractivity contribution in [3.05, 3.63) is 92.5 Å². The standard InChI is InChI=1S/C19H20N2O4/c1-4-19(2,3)17(12-14-8-6-5-7-9-14)16-11-10-15(20(22)23)13-18(16)21(24)25/h4-11,13,17H,1,12H2,2-3H3. The summed E-state index contributed by atoms with van der Waals surface area (Å²) in [4.78, 5) is 21.3. The summed E-state index contributed by atoms with van der Waals surface area (Å²) in [5, 5.41) is 22.5. The molecule has 1 unspecified atom stereocenters. The first-order chi connectivity index (χ1) is 11.8. The molecule has 0 aliphatic heterocycles. The zero-order chi connectivity index (χ0) is 18.6. The number of rotatable bonds is 7. The number of benzene rings is 2. The Morgan fingerprint density at radius 2 is 1.72 bits per heavy atom. The van der Waals surface area contributed by atoms with E-state index in [9.17, 15) is 20.2 Å². The molecule has 0 aliphatic carbocycles. The van der Waals surface area contributed by atoms with Gasteiger partial charge in [0.15, 0.2) is 0 Å². The molecule has 2 aromatic rings. The van der Waals surface area contributed by atoms with Crippen LogP contribution in [0, 0.1) is 25.6 Å². The van der Waals surface area contributed by atoms with Gasteiger partial charge in [-0.25, -0.2) is 0 Å². The van der Waals surface area contributed by atoms with E-state index in [2.05, 4.69) is 6.58 Å². The number of nitro benzene ring substituents is 2. The highest BCUT2D eigenvalue weighted by atomic mass is 16.6. The average Bonchev–Trinajstić information content (AvgIpc) is 2.59. The van der Waals surface area contributed by atoms with Crippen LogP contribution in [0.2, 0.25) is 0 Å². The lowest BCUT2D eigenvalue weighted by Gasteiger charge is -2.32. The smallest absolute Gasteiger partial charge is 0.258 e. The molecule has 130 valence electrons. The largest absolute Gasteiger partial charge is 0.279 e. The maximum atomic E-state index is 11.5. The summed E-state index contributed by atoms with van der Waals surface area (Å²) >= 11 is 0. The van der Waals surface area contributed by atoms with Crippen molar-refractivity contribution in [3.63, 3.8) is 0 Å². The number of hydrogen-bond acceptors (Lipinski definition) is 4. The fourth-order valence-electron chi connectivity index (χ4n) is 2.86. The molecule has 2 aromatic carbocycles. The quantitative estimate of drug-likeness (QED) is 0.401. The summed E-state index contributed by atoms with van der Waals surface area (Å²) in [5.41, 5.74) is 0.561. The molecule has 0 spiro atoms. The second-order valence-electron chi connectivity index (χ2n) is 6.53. The van der Waals surface area contributed by atoms with Crippen LogP contribution in [-0.2, 0) is 6.42 Å². The first-order valence-corrected chi connectivity index (χ1v) is 7.86. The highest BCUT2D eigenvalue weighted by molar-refractivity contribution is 5.52. The van der Waals surface area contributed by atoms with Crippen molar-refractivity contribution in [3.8, 4) is 0 Å². The van der Waals surface area contributed by atoms with Crippen molar-refractivity contribution in [1.29, 1.82) is 0 Å². The van der Waals surface area contributed by atoms with Crippen molar-refractivity contribution in [2.24, 2.45) is 5.41 Å². The number of hydrogen-bond donors (Lipinski definition) is 0. The minimum atomic E-state index is -0.623. The Balaban J connectivity index is 2.59. The van der Waals surface area contributed by atoms with Gasteiger partial charge in [-0.05, 0) is 23.5 Å². The molecule has 0 fully saturated rings. The molecule has 0 saturated heterocycles. The van der Waals surface area contributed by atoms with Gasteiger partial charge in [0, 0.05) is 17.5 Å². The van der Waals surface area contributed by atoms with Crippen LogP contribution in [0.1, 0.15) is 30.9 Å². The zero-order valence-electron chi connectivity index (χ0n) is 14.2.